The van der Waals surface area contributed by atoms with Crippen LogP contribution in [-0.2, 0) is 5.60 Å². The molecular weight excluding hydrogens is 292 g/mol. The molecule has 2 aromatic heterocycles. The van der Waals surface area contributed by atoms with E-state index in [0.29, 0.717) is 5.01 Å². The molecule has 4 heteroatoms. The van der Waals surface area contributed by atoms with Gasteiger partial charge in [0.2, 0.25) is 0 Å². The Morgan fingerprint density at radius 3 is 2.64 bits per heavy atom. The molecule has 0 radical (unpaired) electrons. The number of hydrogen-bond donors (Lipinski definition) is 1. The Hall–Kier alpha value is -2.30. The van der Waals surface area contributed by atoms with E-state index in [4.69, 9.17) is 0 Å². The summed E-state index contributed by atoms with van der Waals surface area (Å²) in [5.74, 6) is 0. The highest BCUT2D eigenvalue weighted by Gasteiger charge is 2.29. The number of nitrogens with zero attached hydrogens (tertiary/aromatic N) is 2. The predicted octanol–water partition coefficient (Wildman–Crippen LogP) is 3.96. The highest BCUT2D eigenvalue weighted by atomic mass is 32.1. The number of pyridine rings is 1. The van der Waals surface area contributed by atoms with Crippen molar-refractivity contribution in [3.63, 3.8) is 0 Å². The molecule has 0 fully saturated rings. The minimum Gasteiger partial charge on any atom is -0.378 e. The van der Waals surface area contributed by atoms with Crippen molar-refractivity contribution in [3.05, 3.63) is 82.1 Å². The zero-order valence-corrected chi connectivity index (χ0v) is 13.0. The summed E-state index contributed by atoms with van der Waals surface area (Å²) in [5.41, 5.74) is 1.57. The van der Waals surface area contributed by atoms with E-state index in [1.54, 1.807) is 19.3 Å². The van der Waals surface area contributed by atoms with Gasteiger partial charge in [0.05, 0.1) is 5.69 Å². The SMILES string of the molecule is CC(O)(c1cccnc1)c1nc(/C=C/c2ccccc2)cs1. The largest absolute Gasteiger partial charge is 0.378 e. The number of aliphatic hydroxyl groups is 1. The third kappa shape index (κ3) is 3.13. The fraction of sp³-hybridized carbons (Fsp3) is 0.111. The van der Waals surface area contributed by atoms with Gasteiger partial charge < -0.3 is 5.11 Å². The Morgan fingerprint density at radius 1 is 1.09 bits per heavy atom. The van der Waals surface area contributed by atoms with Crippen molar-refractivity contribution >= 4 is 23.5 Å². The van der Waals surface area contributed by atoms with Crippen LogP contribution in [0.25, 0.3) is 12.2 Å². The summed E-state index contributed by atoms with van der Waals surface area (Å²) in [5, 5.41) is 13.3. The van der Waals surface area contributed by atoms with E-state index >= 15 is 0 Å². The number of thiazole rings is 1. The second-order valence-electron chi connectivity index (χ2n) is 5.14. The van der Waals surface area contributed by atoms with Crippen molar-refractivity contribution in [1.82, 2.24) is 9.97 Å². The number of aromatic nitrogens is 2. The van der Waals surface area contributed by atoms with Crippen LogP contribution in [0.4, 0.5) is 0 Å². The average molecular weight is 308 g/mol. The predicted molar refractivity (Wildman–Crippen MR) is 90.4 cm³/mol. The van der Waals surface area contributed by atoms with E-state index in [9.17, 15) is 5.11 Å². The van der Waals surface area contributed by atoms with Gasteiger partial charge in [-0.25, -0.2) is 4.98 Å². The quantitative estimate of drug-likeness (QED) is 0.793. The standard InChI is InChI=1S/C18H16N2OS/c1-18(21,15-8-5-11-19-12-15)17-20-16(13-22-17)10-9-14-6-3-2-4-7-14/h2-13,21H,1H3/b10-9+. The van der Waals surface area contributed by atoms with Crippen LogP contribution in [0.15, 0.2) is 60.2 Å². The maximum absolute atomic E-state index is 10.7. The van der Waals surface area contributed by atoms with Crippen molar-refractivity contribution in [2.75, 3.05) is 0 Å². The highest BCUT2D eigenvalue weighted by molar-refractivity contribution is 7.09. The summed E-state index contributed by atoms with van der Waals surface area (Å²) in [4.78, 5) is 8.59. The molecule has 1 N–H and O–H groups in total. The molecule has 0 saturated carbocycles. The summed E-state index contributed by atoms with van der Waals surface area (Å²) in [6.07, 6.45) is 7.32. The molecule has 3 aromatic rings. The maximum atomic E-state index is 10.7. The first kappa shape index (κ1) is 14.6. The fourth-order valence-electron chi connectivity index (χ4n) is 2.11. The first-order chi connectivity index (χ1) is 10.7. The minimum absolute atomic E-state index is 0.660. The van der Waals surface area contributed by atoms with Crippen molar-refractivity contribution in [2.24, 2.45) is 0 Å². The number of benzene rings is 1. The third-order valence-corrected chi connectivity index (χ3v) is 4.48. The topological polar surface area (TPSA) is 46.0 Å². The minimum atomic E-state index is -1.13. The van der Waals surface area contributed by atoms with Gasteiger partial charge in [-0.1, -0.05) is 42.5 Å². The lowest BCUT2D eigenvalue weighted by Gasteiger charge is -2.20. The molecule has 1 atom stereocenters. The summed E-state index contributed by atoms with van der Waals surface area (Å²) in [6.45, 7) is 1.74. The van der Waals surface area contributed by atoms with Gasteiger partial charge >= 0.3 is 0 Å². The van der Waals surface area contributed by atoms with Crippen molar-refractivity contribution in [1.29, 1.82) is 0 Å². The van der Waals surface area contributed by atoms with Crippen LogP contribution >= 0.6 is 11.3 Å². The molecule has 0 bridgehead atoms. The zero-order valence-electron chi connectivity index (χ0n) is 12.2. The lowest BCUT2D eigenvalue weighted by Crippen LogP contribution is -2.22. The summed E-state index contributed by atoms with van der Waals surface area (Å²) in [6, 6.07) is 13.7. The molecule has 22 heavy (non-hydrogen) atoms. The first-order valence-electron chi connectivity index (χ1n) is 6.98. The van der Waals surface area contributed by atoms with Gasteiger partial charge in [0.15, 0.2) is 0 Å². The van der Waals surface area contributed by atoms with Gasteiger partial charge in [0.1, 0.15) is 10.6 Å². The second-order valence-corrected chi connectivity index (χ2v) is 5.99. The van der Waals surface area contributed by atoms with Crippen LogP contribution in [0.3, 0.4) is 0 Å². The smallest absolute Gasteiger partial charge is 0.140 e. The Balaban J connectivity index is 1.83. The molecule has 0 aliphatic heterocycles. The van der Waals surface area contributed by atoms with Crippen molar-refractivity contribution in [3.8, 4) is 0 Å². The van der Waals surface area contributed by atoms with Gasteiger partial charge in [-0.15, -0.1) is 11.3 Å². The van der Waals surface area contributed by atoms with Crippen LogP contribution < -0.4 is 0 Å². The summed E-state index contributed by atoms with van der Waals surface area (Å²) in [7, 11) is 0. The van der Waals surface area contributed by atoms with Crippen molar-refractivity contribution < 1.29 is 5.11 Å². The van der Waals surface area contributed by atoms with Crippen LogP contribution in [0, 0.1) is 0 Å². The van der Waals surface area contributed by atoms with Gasteiger partial charge in [-0.3, -0.25) is 4.98 Å². The Labute approximate surface area is 133 Å². The summed E-state index contributed by atoms with van der Waals surface area (Å²) < 4.78 is 0. The van der Waals surface area contributed by atoms with Crippen LogP contribution in [-0.4, -0.2) is 15.1 Å². The van der Waals surface area contributed by atoms with E-state index in [0.717, 1.165) is 16.8 Å². The molecule has 0 spiro atoms. The van der Waals surface area contributed by atoms with Gasteiger partial charge in [-0.2, -0.15) is 0 Å². The molecule has 110 valence electrons. The molecule has 1 unspecified atom stereocenters. The molecule has 0 aliphatic carbocycles. The fourth-order valence-corrected chi connectivity index (χ4v) is 2.98. The maximum Gasteiger partial charge on any atom is 0.140 e. The molecule has 0 aliphatic rings. The molecule has 2 heterocycles. The normalized spacial score (nSPS) is 14.1. The molecule has 3 nitrogen and oxygen atoms in total. The summed E-state index contributed by atoms with van der Waals surface area (Å²) >= 11 is 1.45. The average Bonchev–Trinajstić information content (AvgIpc) is 3.04. The number of hydrogen-bond acceptors (Lipinski definition) is 4. The Morgan fingerprint density at radius 2 is 1.91 bits per heavy atom. The van der Waals surface area contributed by atoms with Gasteiger partial charge in [0.25, 0.3) is 0 Å². The monoisotopic (exact) mass is 308 g/mol. The van der Waals surface area contributed by atoms with E-state index < -0.39 is 5.60 Å². The Bertz CT molecular complexity index is 764. The van der Waals surface area contributed by atoms with Crippen molar-refractivity contribution in [2.45, 2.75) is 12.5 Å². The van der Waals surface area contributed by atoms with Crippen LogP contribution in [0.1, 0.15) is 28.8 Å². The molecule has 1 aromatic carbocycles. The highest BCUT2D eigenvalue weighted by Crippen LogP contribution is 2.31. The zero-order chi connectivity index (χ0) is 15.4. The van der Waals surface area contributed by atoms with E-state index in [1.807, 2.05) is 60.0 Å². The third-order valence-electron chi connectivity index (χ3n) is 3.41. The van der Waals surface area contributed by atoms with E-state index in [-0.39, 0.29) is 0 Å². The lowest BCUT2D eigenvalue weighted by atomic mass is 9.99. The van der Waals surface area contributed by atoms with E-state index in [1.165, 1.54) is 11.3 Å². The second kappa shape index (κ2) is 6.22. The van der Waals surface area contributed by atoms with Gasteiger partial charge in [-0.05, 0) is 24.6 Å². The van der Waals surface area contributed by atoms with E-state index in [2.05, 4.69) is 9.97 Å². The molecule has 0 amide bonds. The molecular formula is C18H16N2OS. The molecule has 3 rings (SSSR count). The lowest BCUT2D eigenvalue weighted by molar-refractivity contribution is 0.101. The molecule has 0 saturated heterocycles. The van der Waals surface area contributed by atoms with Crippen LogP contribution in [0.5, 0.6) is 0 Å². The van der Waals surface area contributed by atoms with Crippen LogP contribution in [0.2, 0.25) is 0 Å². The first-order valence-corrected chi connectivity index (χ1v) is 7.86. The number of rotatable bonds is 4. The van der Waals surface area contributed by atoms with Gasteiger partial charge in [0, 0.05) is 23.3 Å². The Kier molecular flexibility index (Phi) is 4.13.